The van der Waals surface area contributed by atoms with Crippen molar-refractivity contribution in [2.24, 2.45) is 34.5 Å². The number of ether oxygens (including phenoxy) is 1. The first-order valence-electron chi connectivity index (χ1n) is 10.3. The average Bonchev–Trinajstić information content (AvgIpc) is 2.97. The van der Waals surface area contributed by atoms with Gasteiger partial charge in [-0.25, -0.2) is 0 Å². The Morgan fingerprint density at radius 1 is 1.16 bits per heavy atom. The largest absolute Gasteiger partial charge is 0.393 e. The molecular weight excluding hydrogens is 380 g/mol. The summed E-state index contributed by atoms with van der Waals surface area (Å²) >= 11 is 4.14. The number of aliphatic hydroxyl groups is 1. The number of hydrogen-bond donors (Lipinski definition) is 1. The molecule has 1 heterocycles. The molecule has 1 N–H and O–H groups in total. The lowest BCUT2D eigenvalue weighted by molar-refractivity contribution is -0.131. The topological polar surface area (TPSA) is 46.5 Å². The monoisotopic (exact) mass is 410 g/mol. The average molecular weight is 411 g/mol. The van der Waals surface area contributed by atoms with E-state index in [1.165, 1.54) is 19.3 Å². The number of carbonyl (C=O) groups is 1. The van der Waals surface area contributed by atoms with Gasteiger partial charge in [-0.3, -0.25) is 4.79 Å². The van der Waals surface area contributed by atoms with Crippen LogP contribution in [0.25, 0.3) is 0 Å². The lowest BCUT2D eigenvalue weighted by atomic mass is 9.44. The maximum absolute atomic E-state index is 12.3. The summed E-state index contributed by atoms with van der Waals surface area (Å²) in [6, 6.07) is 0. The van der Waals surface area contributed by atoms with Gasteiger partial charge in [0, 0.05) is 11.3 Å². The number of alkyl halides is 1. The Morgan fingerprint density at radius 2 is 1.96 bits per heavy atom. The van der Waals surface area contributed by atoms with Crippen molar-refractivity contribution in [3.63, 3.8) is 0 Å². The molecule has 9 atom stereocenters. The molecule has 5 rings (SSSR count). The van der Waals surface area contributed by atoms with Gasteiger partial charge in [-0.2, -0.15) is 0 Å². The Kier molecular flexibility index (Phi) is 3.66. The zero-order chi connectivity index (χ0) is 17.6. The number of rotatable bonds is 1. The van der Waals surface area contributed by atoms with E-state index in [0.29, 0.717) is 23.5 Å². The van der Waals surface area contributed by atoms with Crippen LogP contribution in [0, 0.1) is 34.5 Å². The molecule has 2 bridgehead atoms. The van der Waals surface area contributed by atoms with Crippen LogP contribution < -0.4 is 0 Å². The van der Waals surface area contributed by atoms with Crippen molar-refractivity contribution in [3.8, 4) is 0 Å². The van der Waals surface area contributed by atoms with Gasteiger partial charge < -0.3 is 9.84 Å². The van der Waals surface area contributed by atoms with Gasteiger partial charge in [0.25, 0.3) is 0 Å². The number of ketones is 1. The third kappa shape index (κ3) is 1.97. The van der Waals surface area contributed by atoms with Crippen LogP contribution >= 0.6 is 15.9 Å². The van der Waals surface area contributed by atoms with E-state index in [-0.39, 0.29) is 33.3 Å². The molecule has 0 spiro atoms. The van der Waals surface area contributed by atoms with Crippen molar-refractivity contribution < 1.29 is 14.6 Å². The van der Waals surface area contributed by atoms with E-state index < -0.39 is 0 Å². The van der Waals surface area contributed by atoms with E-state index in [1.807, 2.05) is 6.92 Å². The van der Waals surface area contributed by atoms with Crippen LogP contribution in [0.2, 0.25) is 0 Å². The fourth-order valence-electron chi connectivity index (χ4n) is 8.38. The second-order valence-corrected chi connectivity index (χ2v) is 11.5. The van der Waals surface area contributed by atoms with Crippen LogP contribution in [0.3, 0.4) is 0 Å². The van der Waals surface area contributed by atoms with Crippen molar-refractivity contribution >= 4 is 21.7 Å². The third-order valence-electron chi connectivity index (χ3n) is 9.46. The summed E-state index contributed by atoms with van der Waals surface area (Å²) in [6.07, 6.45) is 8.79. The second kappa shape index (κ2) is 5.32. The molecule has 1 aliphatic heterocycles. The van der Waals surface area contributed by atoms with Crippen molar-refractivity contribution in [1.82, 2.24) is 0 Å². The molecule has 0 aromatic heterocycles. The number of fused-ring (bicyclic) bond motifs is 3. The molecule has 140 valence electrons. The van der Waals surface area contributed by atoms with Crippen LogP contribution in [-0.4, -0.2) is 34.0 Å². The van der Waals surface area contributed by atoms with Gasteiger partial charge >= 0.3 is 0 Å². The van der Waals surface area contributed by atoms with Gasteiger partial charge in [0.05, 0.1) is 23.1 Å². The fraction of sp³-hybridized carbons (Fsp3) is 0.952. The zero-order valence-corrected chi connectivity index (χ0v) is 17.1. The second-order valence-electron chi connectivity index (χ2n) is 10.1. The molecule has 5 aliphatic rings. The Balaban J connectivity index is 1.52. The highest BCUT2D eigenvalue weighted by Crippen LogP contribution is 2.72. The molecule has 25 heavy (non-hydrogen) atoms. The van der Waals surface area contributed by atoms with Crippen molar-refractivity contribution in [1.29, 1.82) is 0 Å². The van der Waals surface area contributed by atoms with Crippen LogP contribution in [0.5, 0.6) is 0 Å². The highest BCUT2D eigenvalue weighted by molar-refractivity contribution is 9.10. The van der Waals surface area contributed by atoms with E-state index in [2.05, 4.69) is 22.9 Å². The zero-order valence-electron chi connectivity index (χ0n) is 15.5. The Hall–Kier alpha value is 0.0700. The van der Waals surface area contributed by atoms with Crippen LogP contribution in [0.4, 0.5) is 0 Å². The summed E-state index contributed by atoms with van der Waals surface area (Å²) in [6.45, 7) is 5.09. The summed E-state index contributed by atoms with van der Waals surface area (Å²) in [5, 5.41) is 10.3. The molecule has 4 heteroatoms. The van der Waals surface area contributed by atoms with E-state index in [1.54, 1.807) is 0 Å². The quantitative estimate of drug-likeness (QED) is 0.661. The first-order valence-corrected chi connectivity index (χ1v) is 11.1. The van der Waals surface area contributed by atoms with E-state index >= 15 is 0 Å². The maximum atomic E-state index is 12.3. The van der Waals surface area contributed by atoms with Crippen LogP contribution in [0.15, 0.2) is 0 Å². The van der Waals surface area contributed by atoms with Gasteiger partial charge in [0.1, 0.15) is 5.78 Å². The molecule has 3 nitrogen and oxygen atoms in total. The molecule has 4 aliphatic carbocycles. The lowest BCUT2D eigenvalue weighted by Gasteiger charge is -2.62. The van der Waals surface area contributed by atoms with Gasteiger partial charge in [-0.05, 0) is 81.5 Å². The Labute approximate surface area is 159 Å². The summed E-state index contributed by atoms with van der Waals surface area (Å²) in [7, 11) is 0. The third-order valence-corrected chi connectivity index (χ3v) is 11.1. The van der Waals surface area contributed by atoms with Crippen molar-refractivity contribution in [2.75, 3.05) is 6.61 Å². The molecule has 4 unspecified atom stereocenters. The standard InChI is InChI=1S/C21H31BrO3/c1-12(23)15-3-4-16-14-9-18-21(22)10-13(24)5-8-20(21,11-25-18)17(14)6-7-19(15,16)2/h13-18,24H,3-11H2,1-2H3/t13?,14?,15-,16?,17?,18+,19-,20+,21+/m1/s1. The SMILES string of the molecule is CC(=O)[C@H]1CCC2C3C[C@@H]4OC[C@@]5(CCC(O)C[C@]45Br)C3CC[C@@]21C. The predicted octanol–water partition coefficient (Wildman–Crippen LogP) is 4.10. The molecule has 0 aromatic rings. The predicted molar refractivity (Wildman–Crippen MR) is 99.5 cm³/mol. The molecule has 0 amide bonds. The van der Waals surface area contributed by atoms with Gasteiger partial charge in [0.15, 0.2) is 0 Å². The van der Waals surface area contributed by atoms with Gasteiger partial charge in [0.2, 0.25) is 0 Å². The molecular formula is C21H31BrO3. The number of Topliss-reactive ketones (excluding diaryl/α,β-unsaturated/α-hetero) is 1. The van der Waals surface area contributed by atoms with Gasteiger partial charge in [-0.15, -0.1) is 0 Å². The molecule has 0 radical (unpaired) electrons. The lowest BCUT2D eigenvalue weighted by Crippen LogP contribution is -2.63. The number of carbonyl (C=O) groups excluding carboxylic acids is 1. The minimum absolute atomic E-state index is 0.0227. The fourth-order valence-corrected chi connectivity index (χ4v) is 9.68. The summed E-state index contributed by atoms with van der Waals surface area (Å²) < 4.78 is 6.37. The minimum Gasteiger partial charge on any atom is -0.393 e. The number of hydrogen-bond acceptors (Lipinski definition) is 3. The highest BCUT2D eigenvalue weighted by atomic mass is 79.9. The first-order chi connectivity index (χ1) is 11.8. The molecule has 5 fully saturated rings. The Morgan fingerprint density at radius 3 is 2.72 bits per heavy atom. The molecule has 4 saturated carbocycles. The normalized spacial score (nSPS) is 59.8. The summed E-state index contributed by atoms with van der Waals surface area (Å²) in [4.78, 5) is 12.3. The van der Waals surface area contributed by atoms with Crippen LogP contribution in [0.1, 0.15) is 65.2 Å². The smallest absolute Gasteiger partial charge is 0.133 e. The number of halogens is 1. The molecule has 1 saturated heterocycles. The minimum atomic E-state index is -0.185. The van der Waals surface area contributed by atoms with E-state index in [4.69, 9.17) is 4.74 Å². The summed E-state index contributed by atoms with van der Waals surface area (Å²) in [5.74, 6) is 2.77. The number of aliphatic hydroxyl groups excluding tert-OH is 1. The first kappa shape index (κ1) is 17.2. The van der Waals surface area contributed by atoms with E-state index in [0.717, 1.165) is 38.7 Å². The van der Waals surface area contributed by atoms with Crippen LogP contribution in [-0.2, 0) is 9.53 Å². The maximum Gasteiger partial charge on any atom is 0.133 e. The van der Waals surface area contributed by atoms with Crippen molar-refractivity contribution in [2.45, 2.75) is 81.7 Å². The molecule has 0 aromatic carbocycles. The van der Waals surface area contributed by atoms with Gasteiger partial charge in [-0.1, -0.05) is 22.9 Å². The highest BCUT2D eigenvalue weighted by Gasteiger charge is 2.72. The summed E-state index contributed by atoms with van der Waals surface area (Å²) in [5.41, 5.74) is 0.416. The Bertz CT molecular complexity index is 608. The van der Waals surface area contributed by atoms with Crippen molar-refractivity contribution in [3.05, 3.63) is 0 Å². The van der Waals surface area contributed by atoms with E-state index in [9.17, 15) is 9.90 Å².